The highest BCUT2D eigenvalue weighted by Crippen LogP contribution is 2.23. The molecule has 1 aliphatic heterocycles. The quantitative estimate of drug-likeness (QED) is 0.839. The molecule has 0 amide bonds. The molecule has 0 bridgehead atoms. The normalized spacial score (nSPS) is 20.9. The van der Waals surface area contributed by atoms with E-state index in [1.807, 2.05) is 0 Å². The van der Waals surface area contributed by atoms with Crippen LogP contribution in [0, 0.1) is 0 Å². The Balaban J connectivity index is 1.95. The van der Waals surface area contributed by atoms with Crippen LogP contribution in [0.4, 0.5) is 0 Å². The number of hydrogen-bond acceptors (Lipinski definition) is 2. The minimum Gasteiger partial charge on any atom is -0.384 e. The number of ether oxygens (including phenoxy) is 1. The van der Waals surface area contributed by atoms with Crippen LogP contribution in [0.3, 0.4) is 0 Å². The van der Waals surface area contributed by atoms with Gasteiger partial charge in [0.2, 0.25) is 0 Å². The van der Waals surface area contributed by atoms with Crippen molar-refractivity contribution in [1.29, 1.82) is 0 Å². The maximum absolute atomic E-state index is 5.08. The molecule has 0 spiro atoms. The van der Waals surface area contributed by atoms with Crippen LogP contribution in [0.15, 0.2) is 24.3 Å². The fourth-order valence-corrected chi connectivity index (χ4v) is 2.31. The predicted molar refractivity (Wildman–Crippen MR) is 66.9 cm³/mol. The lowest BCUT2D eigenvalue weighted by Crippen LogP contribution is -2.28. The van der Waals surface area contributed by atoms with Gasteiger partial charge in [0.15, 0.2) is 0 Å². The van der Waals surface area contributed by atoms with Gasteiger partial charge in [0, 0.05) is 13.7 Å². The van der Waals surface area contributed by atoms with Crippen LogP contribution in [0.5, 0.6) is 0 Å². The van der Waals surface area contributed by atoms with Crippen molar-refractivity contribution < 1.29 is 4.74 Å². The van der Waals surface area contributed by atoms with E-state index in [2.05, 4.69) is 29.6 Å². The number of hydrogen-bond donors (Lipinski definition) is 1. The number of rotatable bonds is 4. The summed E-state index contributed by atoms with van der Waals surface area (Å²) in [5, 5.41) is 3.46. The molecule has 1 saturated heterocycles. The summed E-state index contributed by atoms with van der Waals surface area (Å²) in [6.07, 6.45) is 3.64. The fourth-order valence-electron chi connectivity index (χ4n) is 2.31. The standard InChI is InChI=1S/C14H21NO/c1-16-10-8-12-4-6-13(7-5-12)14-3-2-9-15-11-14/h4-7,14-15H,2-3,8-11H2,1H3. The van der Waals surface area contributed by atoms with Gasteiger partial charge in [0.05, 0.1) is 6.61 Å². The molecule has 1 aliphatic rings. The molecule has 1 aromatic carbocycles. The van der Waals surface area contributed by atoms with Crippen molar-refractivity contribution in [3.05, 3.63) is 35.4 Å². The molecule has 88 valence electrons. The van der Waals surface area contributed by atoms with Gasteiger partial charge in [-0.1, -0.05) is 24.3 Å². The second kappa shape index (κ2) is 6.02. The number of piperidine rings is 1. The van der Waals surface area contributed by atoms with Gasteiger partial charge in [-0.15, -0.1) is 0 Å². The Kier molecular flexibility index (Phi) is 4.37. The second-order valence-electron chi connectivity index (χ2n) is 4.53. The molecule has 1 unspecified atom stereocenters. The SMILES string of the molecule is COCCc1ccc(C2CCCNC2)cc1. The monoisotopic (exact) mass is 219 g/mol. The van der Waals surface area contributed by atoms with Crippen molar-refractivity contribution in [2.45, 2.75) is 25.2 Å². The van der Waals surface area contributed by atoms with E-state index in [-0.39, 0.29) is 0 Å². The first-order valence-electron chi connectivity index (χ1n) is 6.18. The van der Waals surface area contributed by atoms with E-state index in [4.69, 9.17) is 4.74 Å². The van der Waals surface area contributed by atoms with Crippen molar-refractivity contribution in [2.75, 3.05) is 26.8 Å². The average Bonchev–Trinajstić information content (AvgIpc) is 2.38. The van der Waals surface area contributed by atoms with Crippen LogP contribution in [-0.2, 0) is 11.2 Å². The highest BCUT2D eigenvalue weighted by Gasteiger charge is 2.14. The Bertz CT molecular complexity index is 301. The smallest absolute Gasteiger partial charge is 0.0502 e. The summed E-state index contributed by atoms with van der Waals surface area (Å²) in [6.45, 7) is 3.13. The van der Waals surface area contributed by atoms with Crippen molar-refractivity contribution in [3.63, 3.8) is 0 Å². The molecule has 2 nitrogen and oxygen atoms in total. The van der Waals surface area contributed by atoms with E-state index < -0.39 is 0 Å². The van der Waals surface area contributed by atoms with E-state index in [1.54, 1.807) is 7.11 Å². The molecule has 0 saturated carbocycles. The van der Waals surface area contributed by atoms with Gasteiger partial charge in [-0.3, -0.25) is 0 Å². The van der Waals surface area contributed by atoms with Gasteiger partial charge in [-0.25, -0.2) is 0 Å². The lowest BCUT2D eigenvalue weighted by Gasteiger charge is -2.23. The number of nitrogens with one attached hydrogen (secondary N) is 1. The molecule has 2 heteroatoms. The molecule has 1 fully saturated rings. The summed E-state index contributed by atoms with van der Waals surface area (Å²) in [7, 11) is 1.75. The summed E-state index contributed by atoms with van der Waals surface area (Å²) >= 11 is 0. The number of methoxy groups -OCH3 is 1. The number of benzene rings is 1. The predicted octanol–water partition coefficient (Wildman–Crippen LogP) is 2.34. The molecule has 1 heterocycles. The van der Waals surface area contributed by atoms with Crippen molar-refractivity contribution in [1.82, 2.24) is 5.32 Å². The zero-order valence-electron chi connectivity index (χ0n) is 10.0. The zero-order valence-corrected chi connectivity index (χ0v) is 10.0. The van der Waals surface area contributed by atoms with Crippen molar-refractivity contribution in [3.8, 4) is 0 Å². The molecule has 2 rings (SSSR count). The van der Waals surface area contributed by atoms with Gasteiger partial charge in [-0.05, 0) is 42.9 Å². The van der Waals surface area contributed by atoms with Crippen LogP contribution in [-0.4, -0.2) is 26.8 Å². The molecule has 1 N–H and O–H groups in total. The third-order valence-electron chi connectivity index (χ3n) is 3.34. The highest BCUT2D eigenvalue weighted by atomic mass is 16.5. The minimum atomic E-state index is 0.713. The molecule has 1 atom stereocenters. The van der Waals surface area contributed by atoms with Crippen LogP contribution in [0.25, 0.3) is 0 Å². The third kappa shape index (κ3) is 3.06. The van der Waals surface area contributed by atoms with Crippen molar-refractivity contribution >= 4 is 0 Å². The average molecular weight is 219 g/mol. The Morgan fingerprint density at radius 2 is 2.12 bits per heavy atom. The van der Waals surface area contributed by atoms with Gasteiger partial charge < -0.3 is 10.1 Å². The van der Waals surface area contributed by atoms with E-state index in [1.165, 1.54) is 30.5 Å². The van der Waals surface area contributed by atoms with E-state index in [0.717, 1.165) is 19.6 Å². The molecule has 0 aliphatic carbocycles. The summed E-state index contributed by atoms with van der Waals surface area (Å²) in [6, 6.07) is 9.04. The molecule has 16 heavy (non-hydrogen) atoms. The van der Waals surface area contributed by atoms with Crippen molar-refractivity contribution in [2.24, 2.45) is 0 Å². The maximum Gasteiger partial charge on any atom is 0.0502 e. The Labute approximate surface area is 98.0 Å². The summed E-state index contributed by atoms with van der Waals surface area (Å²) in [4.78, 5) is 0. The molecule has 1 aromatic rings. The Morgan fingerprint density at radius 1 is 1.31 bits per heavy atom. The molecule has 0 radical (unpaired) electrons. The fraction of sp³-hybridized carbons (Fsp3) is 0.571. The van der Waals surface area contributed by atoms with Gasteiger partial charge in [0.1, 0.15) is 0 Å². The minimum absolute atomic E-state index is 0.713. The topological polar surface area (TPSA) is 21.3 Å². The second-order valence-corrected chi connectivity index (χ2v) is 4.53. The first-order chi connectivity index (χ1) is 7.90. The summed E-state index contributed by atoms with van der Waals surface area (Å²) < 4.78 is 5.08. The Morgan fingerprint density at radius 3 is 2.75 bits per heavy atom. The van der Waals surface area contributed by atoms with Crippen LogP contribution in [0.2, 0.25) is 0 Å². The molecular formula is C14H21NO. The van der Waals surface area contributed by atoms with E-state index in [9.17, 15) is 0 Å². The first kappa shape index (κ1) is 11.6. The van der Waals surface area contributed by atoms with Crippen LogP contribution in [0.1, 0.15) is 29.9 Å². The summed E-state index contributed by atoms with van der Waals surface area (Å²) in [5.41, 5.74) is 2.85. The molecule has 0 aromatic heterocycles. The third-order valence-corrected chi connectivity index (χ3v) is 3.34. The van der Waals surface area contributed by atoms with Crippen LogP contribution < -0.4 is 5.32 Å². The summed E-state index contributed by atoms with van der Waals surface area (Å²) in [5.74, 6) is 0.713. The lowest BCUT2D eigenvalue weighted by atomic mass is 9.91. The Hall–Kier alpha value is -0.860. The van der Waals surface area contributed by atoms with Gasteiger partial charge in [-0.2, -0.15) is 0 Å². The van der Waals surface area contributed by atoms with Crippen LogP contribution >= 0.6 is 0 Å². The van der Waals surface area contributed by atoms with E-state index >= 15 is 0 Å². The van der Waals surface area contributed by atoms with Gasteiger partial charge >= 0.3 is 0 Å². The largest absolute Gasteiger partial charge is 0.384 e. The first-order valence-corrected chi connectivity index (χ1v) is 6.18. The zero-order chi connectivity index (χ0) is 11.2. The van der Waals surface area contributed by atoms with E-state index in [0.29, 0.717) is 5.92 Å². The highest BCUT2D eigenvalue weighted by molar-refractivity contribution is 5.26. The van der Waals surface area contributed by atoms with Gasteiger partial charge in [0.25, 0.3) is 0 Å². The maximum atomic E-state index is 5.08. The lowest BCUT2D eigenvalue weighted by molar-refractivity contribution is 0.202. The molecular weight excluding hydrogens is 198 g/mol.